The Morgan fingerprint density at radius 3 is 2.78 bits per heavy atom. The minimum Gasteiger partial charge on any atom is -0.461 e. The fourth-order valence-corrected chi connectivity index (χ4v) is 1.46. The van der Waals surface area contributed by atoms with Gasteiger partial charge in [-0.25, -0.2) is 0 Å². The van der Waals surface area contributed by atoms with E-state index in [2.05, 4.69) is 0 Å². The van der Waals surface area contributed by atoms with Crippen molar-refractivity contribution in [2.45, 2.75) is 6.54 Å². The van der Waals surface area contributed by atoms with Crippen LogP contribution in [0.25, 0.3) is 0 Å². The molecule has 0 saturated carbocycles. The predicted octanol–water partition coefficient (Wildman–Crippen LogP) is 1.23. The average Bonchev–Trinajstić information content (AvgIpc) is 2.85. The van der Waals surface area contributed by atoms with Crippen molar-refractivity contribution in [3.63, 3.8) is 0 Å². The van der Waals surface area contributed by atoms with E-state index in [1.54, 1.807) is 6.07 Å². The first-order valence-corrected chi connectivity index (χ1v) is 5.00. The van der Waals surface area contributed by atoms with Crippen LogP contribution in [0.2, 0.25) is 0 Å². The fraction of sp³-hybridized carbons (Fsp3) is 0.0909. The van der Waals surface area contributed by atoms with Crippen LogP contribution in [-0.2, 0) is 6.54 Å². The van der Waals surface area contributed by atoms with Gasteiger partial charge < -0.3 is 8.98 Å². The number of carbonyl (C=O) groups excluding carboxylic acids is 1. The van der Waals surface area contributed by atoms with Gasteiger partial charge in [0, 0.05) is 12.3 Å². The van der Waals surface area contributed by atoms with Crippen molar-refractivity contribution < 1.29 is 14.1 Å². The Balaban J connectivity index is 2.31. The molecule has 0 aliphatic rings. The number of nitrogens with zero attached hydrogens (tertiary/aromatic N) is 2. The van der Waals surface area contributed by atoms with Crippen LogP contribution in [0.4, 0.5) is 5.69 Å². The molecule has 2 aromatic heterocycles. The first-order valence-electron chi connectivity index (χ1n) is 5.00. The summed E-state index contributed by atoms with van der Waals surface area (Å²) in [4.78, 5) is 33.1. The van der Waals surface area contributed by atoms with Crippen molar-refractivity contribution in [1.82, 2.24) is 4.57 Å². The molecule has 0 atom stereocenters. The summed E-state index contributed by atoms with van der Waals surface area (Å²) in [6.07, 6.45) is 2.65. The van der Waals surface area contributed by atoms with Crippen molar-refractivity contribution in [1.29, 1.82) is 0 Å². The predicted molar refractivity (Wildman–Crippen MR) is 60.4 cm³/mol. The Kier molecular flexibility index (Phi) is 3.05. The number of rotatable bonds is 4. The molecule has 0 spiro atoms. The summed E-state index contributed by atoms with van der Waals surface area (Å²) < 4.78 is 5.86. The maximum atomic E-state index is 11.7. The van der Waals surface area contributed by atoms with E-state index in [0.717, 1.165) is 10.6 Å². The Hall–Kier alpha value is -2.70. The van der Waals surface area contributed by atoms with Crippen molar-refractivity contribution >= 4 is 11.5 Å². The van der Waals surface area contributed by atoms with E-state index in [1.165, 1.54) is 24.6 Å². The van der Waals surface area contributed by atoms with E-state index >= 15 is 0 Å². The smallest absolute Gasteiger partial charge is 0.334 e. The summed E-state index contributed by atoms with van der Waals surface area (Å²) in [5.41, 5.74) is -1.38. The van der Waals surface area contributed by atoms with Gasteiger partial charge in [0.1, 0.15) is 0 Å². The molecule has 0 aromatic carbocycles. The van der Waals surface area contributed by atoms with E-state index in [0.29, 0.717) is 0 Å². The van der Waals surface area contributed by atoms with E-state index < -0.39 is 22.0 Å². The Morgan fingerprint density at radius 1 is 1.39 bits per heavy atom. The molecule has 0 amide bonds. The molecule has 2 rings (SSSR count). The van der Waals surface area contributed by atoms with E-state index in [1.807, 2.05) is 0 Å². The van der Waals surface area contributed by atoms with Crippen molar-refractivity contribution in [3.8, 4) is 0 Å². The Labute approximate surface area is 100 Å². The molecule has 0 radical (unpaired) electrons. The van der Waals surface area contributed by atoms with Gasteiger partial charge in [-0.15, -0.1) is 0 Å². The van der Waals surface area contributed by atoms with Crippen molar-refractivity contribution in [2.24, 2.45) is 0 Å². The Morgan fingerprint density at radius 2 is 2.17 bits per heavy atom. The number of hydrogen-bond donors (Lipinski definition) is 0. The Bertz CT molecular complexity index is 642. The highest BCUT2D eigenvalue weighted by Gasteiger charge is 2.16. The maximum absolute atomic E-state index is 11.7. The normalized spacial score (nSPS) is 10.2. The van der Waals surface area contributed by atoms with Crippen molar-refractivity contribution in [3.05, 3.63) is 63.0 Å². The third-order valence-electron chi connectivity index (χ3n) is 2.31. The van der Waals surface area contributed by atoms with Gasteiger partial charge in [0.25, 0.3) is 0 Å². The third-order valence-corrected chi connectivity index (χ3v) is 2.31. The maximum Gasteiger partial charge on any atom is 0.334 e. The number of pyridine rings is 1. The lowest BCUT2D eigenvalue weighted by Gasteiger charge is -2.02. The van der Waals surface area contributed by atoms with Gasteiger partial charge in [-0.1, -0.05) is 0 Å². The molecule has 0 aliphatic heterocycles. The van der Waals surface area contributed by atoms with Crippen molar-refractivity contribution in [2.75, 3.05) is 0 Å². The number of carbonyl (C=O) groups is 1. The highest BCUT2D eigenvalue weighted by atomic mass is 16.6. The number of furan rings is 1. The quantitative estimate of drug-likeness (QED) is 0.460. The third kappa shape index (κ3) is 2.19. The van der Waals surface area contributed by atoms with Gasteiger partial charge in [0.05, 0.1) is 17.7 Å². The highest BCUT2D eigenvalue weighted by molar-refractivity contribution is 5.93. The van der Waals surface area contributed by atoms with Gasteiger partial charge >= 0.3 is 11.2 Å². The lowest BCUT2D eigenvalue weighted by Crippen LogP contribution is -2.25. The molecule has 0 fully saturated rings. The molecule has 18 heavy (non-hydrogen) atoms. The number of nitro groups is 1. The average molecular weight is 248 g/mol. The molecule has 2 aromatic rings. The number of aromatic nitrogens is 1. The minimum absolute atomic E-state index is 0.105. The van der Waals surface area contributed by atoms with E-state index in [9.17, 15) is 19.7 Å². The number of Topliss-reactive ketones (excluding diaryl/α,β-unsaturated/α-hetero) is 1. The standard InChI is InChI=1S/C11H8N2O5/c14-9(10-4-2-6-18-10)7-12-5-1-3-8(11(12)15)13(16)17/h1-6H,7H2. The van der Waals surface area contributed by atoms with Crippen LogP contribution in [0.1, 0.15) is 10.6 Å². The lowest BCUT2D eigenvalue weighted by atomic mass is 10.3. The summed E-state index contributed by atoms with van der Waals surface area (Å²) in [6.45, 7) is -0.298. The van der Waals surface area contributed by atoms with Crippen LogP contribution < -0.4 is 5.56 Å². The van der Waals surface area contributed by atoms with Crippen LogP contribution in [0.15, 0.2) is 45.9 Å². The molecule has 7 nitrogen and oxygen atoms in total. The number of ketones is 1. The first kappa shape index (κ1) is 11.8. The summed E-state index contributed by atoms with van der Waals surface area (Å²) >= 11 is 0. The molecular formula is C11H8N2O5. The van der Waals surface area contributed by atoms with E-state index in [-0.39, 0.29) is 12.3 Å². The molecule has 92 valence electrons. The monoisotopic (exact) mass is 248 g/mol. The summed E-state index contributed by atoms with van der Waals surface area (Å²) in [6, 6.07) is 5.44. The zero-order valence-electron chi connectivity index (χ0n) is 9.11. The number of hydrogen-bond acceptors (Lipinski definition) is 5. The second-order valence-electron chi connectivity index (χ2n) is 3.48. The molecule has 0 saturated heterocycles. The SMILES string of the molecule is O=C(Cn1cccc([N+](=O)[O-])c1=O)c1ccco1. The van der Waals surface area contributed by atoms with Gasteiger partial charge in [-0.05, 0) is 18.2 Å². The van der Waals surface area contributed by atoms with Crippen LogP contribution in [-0.4, -0.2) is 15.3 Å². The molecule has 0 bridgehead atoms. The highest BCUT2D eigenvalue weighted by Crippen LogP contribution is 2.05. The summed E-state index contributed by atoms with van der Waals surface area (Å²) in [5.74, 6) is -0.323. The molecule has 0 aliphatic carbocycles. The zero-order chi connectivity index (χ0) is 13.1. The topological polar surface area (TPSA) is 95.4 Å². The van der Waals surface area contributed by atoms with Gasteiger partial charge in [0.15, 0.2) is 5.76 Å². The van der Waals surface area contributed by atoms with Crippen LogP contribution in [0, 0.1) is 10.1 Å². The second-order valence-corrected chi connectivity index (χ2v) is 3.48. The molecule has 0 N–H and O–H groups in total. The summed E-state index contributed by atoms with van der Waals surface area (Å²) in [7, 11) is 0. The molecule has 7 heteroatoms. The lowest BCUT2D eigenvalue weighted by molar-refractivity contribution is -0.386. The van der Waals surface area contributed by atoms with Gasteiger partial charge in [-0.2, -0.15) is 0 Å². The van der Waals surface area contributed by atoms with Crippen LogP contribution >= 0.6 is 0 Å². The molecular weight excluding hydrogens is 240 g/mol. The molecule has 0 unspecified atom stereocenters. The van der Waals surface area contributed by atoms with Gasteiger partial charge in [0.2, 0.25) is 5.78 Å². The minimum atomic E-state index is -0.817. The zero-order valence-corrected chi connectivity index (χ0v) is 9.11. The second kappa shape index (κ2) is 4.66. The van der Waals surface area contributed by atoms with Gasteiger partial charge in [-0.3, -0.25) is 19.7 Å². The van der Waals surface area contributed by atoms with Crippen LogP contribution in [0.5, 0.6) is 0 Å². The summed E-state index contributed by atoms with van der Waals surface area (Å²) in [5, 5.41) is 10.6. The van der Waals surface area contributed by atoms with E-state index in [4.69, 9.17) is 4.42 Å². The largest absolute Gasteiger partial charge is 0.461 e. The molecule has 2 heterocycles. The van der Waals surface area contributed by atoms with Crippen LogP contribution in [0.3, 0.4) is 0 Å². The first-order chi connectivity index (χ1) is 8.59. The fourth-order valence-electron chi connectivity index (χ4n) is 1.46.